The van der Waals surface area contributed by atoms with Crippen LogP contribution in [0.3, 0.4) is 0 Å². The lowest BCUT2D eigenvalue weighted by atomic mass is 9.76. The van der Waals surface area contributed by atoms with E-state index in [-0.39, 0.29) is 45.8 Å². The van der Waals surface area contributed by atoms with Crippen LogP contribution in [0.5, 0.6) is 0 Å². The number of ether oxygens (including phenoxy) is 2. The lowest BCUT2D eigenvalue weighted by Crippen LogP contribution is -2.48. The highest BCUT2D eigenvalue weighted by Crippen LogP contribution is 2.57. The lowest BCUT2D eigenvalue weighted by Gasteiger charge is -2.42. The second-order valence-corrected chi connectivity index (χ2v) is 27.7. The van der Waals surface area contributed by atoms with Crippen LogP contribution in [0, 0.1) is 40.1 Å². The largest absolute Gasteiger partial charge is 0.479 e. The second kappa shape index (κ2) is 25.6. The number of nitriles is 2. The monoisotopic (exact) mass is 1400 g/mol. The van der Waals surface area contributed by atoms with E-state index in [9.17, 15) is 53.4 Å². The molecule has 8 aromatic carbocycles. The van der Waals surface area contributed by atoms with Gasteiger partial charge in [-0.1, -0.05) is 31.2 Å². The zero-order valence-corrected chi connectivity index (χ0v) is 56.8. The minimum atomic E-state index is -1.22. The van der Waals surface area contributed by atoms with E-state index in [1.54, 1.807) is 118 Å². The fourth-order valence-electron chi connectivity index (χ4n) is 15.0. The van der Waals surface area contributed by atoms with Crippen LogP contribution in [-0.4, -0.2) is 114 Å². The number of nitrogens with one attached hydrogen (secondary N) is 3. The van der Waals surface area contributed by atoms with Crippen molar-refractivity contribution in [2.75, 3.05) is 26.4 Å². The van der Waals surface area contributed by atoms with Crippen LogP contribution >= 0.6 is 0 Å². The third-order valence-corrected chi connectivity index (χ3v) is 21.0. The Morgan fingerprint density at radius 1 is 0.495 bits per heavy atom. The molecule has 24 heteroatoms. The smallest absolute Gasteiger partial charge is 0.335 e. The molecule has 0 atom stereocenters. The van der Waals surface area contributed by atoms with E-state index >= 15 is 0 Å². The number of rotatable bonds is 16. The SMILES string of the molecule is CCC1(c2c(-c3cnn(C(C)(C)C(=O)O)c3)c3cc4[nH]ncc4cc3n2-c2ccc(F)cc2)COC1.N#CCC1(c2c(-c3ccc(C(=O)O)cc3)c3cc4[nH]ncc4cc3n2-c2ccc(F)cc2)CC1.N#CCC1(c2c(-c3ccc(C(=O)O)cc3)c3cc4[nH]ncc4cc3n2-c2ccc(F)cc2)COC1. The molecule has 21 nitrogen and oxygen atoms in total. The first-order chi connectivity index (χ1) is 50.8. The van der Waals surface area contributed by atoms with Crippen molar-refractivity contribution in [3.8, 4) is 62.6 Å². The topological polar surface area (TPSA) is 297 Å². The number of carboxylic acid groups (broad SMARTS) is 3. The Hall–Kier alpha value is -12.9. The highest BCUT2D eigenvalue weighted by Gasteiger charge is 2.50. The normalized spacial score (nSPS) is 14.8. The van der Waals surface area contributed by atoms with Crippen molar-refractivity contribution in [2.45, 2.75) is 74.7 Å². The summed E-state index contributed by atoms with van der Waals surface area (Å²) >= 11 is 0. The Morgan fingerprint density at radius 2 is 0.848 bits per heavy atom. The third-order valence-electron chi connectivity index (χ3n) is 21.0. The number of hydrogen-bond acceptors (Lipinski definition) is 11. The number of halogens is 3. The molecule has 7 aromatic heterocycles. The molecular weight excluding hydrogens is 1340 g/mol. The minimum Gasteiger partial charge on any atom is -0.479 e. The van der Waals surface area contributed by atoms with Crippen LogP contribution in [0.25, 0.3) is 116 Å². The quantitative estimate of drug-likeness (QED) is 0.0524. The van der Waals surface area contributed by atoms with Gasteiger partial charge in [-0.25, -0.2) is 27.6 Å². The van der Waals surface area contributed by atoms with E-state index in [1.165, 1.54) is 41.1 Å². The van der Waals surface area contributed by atoms with E-state index in [2.05, 4.69) is 86.7 Å². The fourth-order valence-corrected chi connectivity index (χ4v) is 15.0. The molecule has 1 saturated carbocycles. The van der Waals surface area contributed by atoms with E-state index in [0.29, 0.717) is 32.8 Å². The zero-order valence-electron chi connectivity index (χ0n) is 56.8. The van der Waals surface area contributed by atoms with Gasteiger partial charge in [0.15, 0.2) is 5.54 Å². The average molecular weight is 1400 g/mol. The van der Waals surface area contributed by atoms with Gasteiger partial charge in [-0.05, 0) is 178 Å². The Kier molecular flexibility index (Phi) is 16.2. The number of carboxylic acids is 3. The predicted octanol–water partition coefficient (Wildman–Crippen LogP) is 16.2. The van der Waals surface area contributed by atoms with E-state index in [4.69, 9.17) is 9.47 Å². The standard InChI is InChI=1S/C27H26FN5O3.C27H19FN4O3.C27H19FN4O2/c1-4-27(14-36-15-27)24-23(17-12-30-32(13-17)26(2,3)25(34)35)20-10-21-16(11-29-31-21)9-22(20)33(24)19-7-5-18(28)6-8-19;28-19-5-7-20(8-6-19)32-23-11-18-13-30-31-22(18)12-21(23)24(16-1-3-17(4-2-16)26(33)34)25(32)27(9-10-29)14-35-15-27;28-19-5-7-20(8-6-19)32-23-13-18-15-30-31-22(18)14-21(23)24(25(32)27(9-10-27)11-12-29)16-1-3-17(4-2-16)26(33)34/h5-13H,4,14-15H2,1-3H3,(H,29,31)(H,34,35);1-8,11-13H,9,14-15H2,(H,30,31)(H,33,34);1-8,13-15H,9-11H2,(H,30,31)(H,33,34). The van der Waals surface area contributed by atoms with Gasteiger partial charge in [0, 0.05) is 107 Å². The summed E-state index contributed by atoms with van der Waals surface area (Å²) in [5.41, 5.74) is 14.0. The summed E-state index contributed by atoms with van der Waals surface area (Å²) in [4.78, 5) is 34.8. The average Bonchev–Trinajstić information content (AvgIpc) is 1.56. The highest BCUT2D eigenvalue weighted by molar-refractivity contribution is 6.09. The maximum Gasteiger partial charge on any atom is 0.335 e. The number of aromatic nitrogens is 11. The summed E-state index contributed by atoms with van der Waals surface area (Å²) in [6, 6.07) is 49.6. The first-order valence-electron chi connectivity index (χ1n) is 34.0. The molecule has 0 spiro atoms. The Morgan fingerprint density at radius 3 is 1.17 bits per heavy atom. The summed E-state index contributed by atoms with van der Waals surface area (Å²) in [5, 5.41) is 79.7. The number of nitrogens with zero attached hydrogens (tertiary/aromatic N) is 10. The molecule has 1 aliphatic carbocycles. The molecule has 3 fully saturated rings. The van der Waals surface area contributed by atoms with Gasteiger partial charge >= 0.3 is 17.9 Å². The van der Waals surface area contributed by atoms with Gasteiger partial charge in [0.2, 0.25) is 0 Å². The molecule has 6 N–H and O–H groups in total. The van der Waals surface area contributed by atoms with Gasteiger partial charge in [0.1, 0.15) is 17.5 Å². The van der Waals surface area contributed by atoms with E-state index < -0.39 is 28.9 Å². The second-order valence-electron chi connectivity index (χ2n) is 27.7. The molecular formula is C81H64F3N13O8. The van der Waals surface area contributed by atoms with Crippen molar-refractivity contribution in [2.24, 2.45) is 0 Å². The number of aromatic amines is 3. The summed E-state index contributed by atoms with van der Waals surface area (Å²) in [6.45, 7) is 7.25. The van der Waals surface area contributed by atoms with Crippen LogP contribution < -0.4 is 0 Å². The molecule has 0 unspecified atom stereocenters. The first kappa shape index (κ1) is 66.6. The number of benzene rings is 8. The van der Waals surface area contributed by atoms with Gasteiger partial charge in [-0.15, -0.1) is 0 Å². The number of H-pyrrole nitrogens is 3. The minimum absolute atomic E-state index is 0.187. The van der Waals surface area contributed by atoms with Crippen LogP contribution in [0.4, 0.5) is 13.2 Å². The maximum absolute atomic E-state index is 13.9. The molecule has 0 bridgehead atoms. The predicted molar refractivity (Wildman–Crippen MR) is 388 cm³/mol. The summed E-state index contributed by atoms with van der Waals surface area (Å²) in [7, 11) is 0. The van der Waals surface area contributed by atoms with Crippen molar-refractivity contribution in [1.82, 2.24) is 54.1 Å². The molecule has 3 aliphatic rings. The maximum atomic E-state index is 13.9. The number of aliphatic carboxylic acids is 1. The van der Waals surface area contributed by atoms with Crippen molar-refractivity contribution in [3.63, 3.8) is 0 Å². The number of hydrogen-bond donors (Lipinski definition) is 6. The molecule has 9 heterocycles. The molecule has 522 valence electrons. The molecule has 2 aliphatic heterocycles. The van der Waals surface area contributed by atoms with Crippen molar-refractivity contribution in [3.05, 3.63) is 234 Å². The van der Waals surface area contributed by atoms with Gasteiger partial charge in [0.05, 0.1) is 125 Å². The van der Waals surface area contributed by atoms with Gasteiger partial charge in [-0.3, -0.25) is 20.0 Å². The highest BCUT2D eigenvalue weighted by atomic mass is 19.1. The van der Waals surface area contributed by atoms with Crippen molar-refractivity contribution in [1.29, 1.82) is 10.5 Å². The van der Waals surface area contributed by atoms with Crippen LogP contribution in [-0.2, 0) is 36.1 Å². The molecule has 105 heavy (non-hydrogen) atoms. The van der Waals surface area contributed by atoms with Crippen molar-refractivity contribution < 1.29 is 52.3 Å². The van der Waals surface area contributed by atoms with Gasteiger partial charge in [0.25, 0.3) is 0 Å². The van der Waals surface area contributed by atoms with Crippen molar-refractivity contribution >= 4 is 83.3 Å². The number of carbonyl (C=O) groups is 3. The first-order valence-corrected chi connectivity index (χ1v) is 34.0. The van der Waals surface area contributed by atoms with E-state index in [0.717, 1.165) is 152 Å². The van der Waals surface area contributed by atoms with E-state index in [1.807, 2.05) is 30.3 Å². The molecule has 0 radical (unpaired) electrons. The number of aromatic carboxylic acids is 2. The van der Waals surface area contributed by atoms with Crippen LogP contribution in [0.15, 0.2) is 189 Å². The van der Waals surface area contributed by atoms with Gasteiger partial charge in [-0.2, -0.15) is 30.9 Å². The fraction of sp³-hybridized carbons (Fsp3) is 0.198. The molecule has 0 amide bonds. The van der Waals surface area contributed by atoms with Crippen LogP contribution in [0.1, 0.15) is 90.7 Å². The number of fused-ring (bicyclic) bond motifs is 6. The lowest BCUT2D eigenvalue weighted by molar-refractivity contribution is -0.146. The summed E-state index contributed by atoms with van der Waals surface area (Å²) in [5.74, 6) is -3.92. The zero-order chi connectivity index (χ0) is 72.8. The molecule has 15 aromatic rings. The van der Waals surface area contributed by atoms with Gasteiger partial charge < -0.3 is 38.5 Å². The molecule has 2 saturated heterocycles. The van der Waals surface area contributed by atoms with Crippen LogP contribution in [0.2, 0.25) is 0 Å². The Bertz CT molecular complexity index is 6050. The summed E-state index contributed by atoms with van der Waals surface area (Å²) in [6.07, 6.45) is 12.0. The Balaban J connectivity index is 0.000000121. The Labute approximate surface area is 595 Å². The summed E-state index contributed by atoms with van der Waals surface area (Å²) < 4.78 is 60.8. The molecule has 18 rings (SSSR count). The third kappa shape index (κ3) is 11.2.